The Bertz CT molecular complexity index is 1390. The molecule has 0 aliphatic carbocycles. The van der Waals surface area contributed by atoms with Gasteiger partial charge in [0.05, 0.1) is 21.7 Å². The standard InChI is InChI=1S/C24H15Cl2N3O/c25-18-8-4-5-15-16(18)6-3-7-17(15)24(30)29-22-13-14(11-12-19(22)26)23-27-20-9-1-2-10-21(20)28-23/h1-13H,(H,27,28)(H,29,30). The van der Waals surface area contributed by atoms with Gasteiger partial charge in [0.1, 0.15) is 5.82 Å². The number of benzene rings is 4. The van der Waals surface area contributed by atoms with Crippen molar-refractivity contribution in [2.45, 2.75) is 0 Å². The Hall–Kier alpha value is -3.34. The van der Waals surface area contributed by atoms with Crippen molar-refractivity contribution in [2.24, 2.45) is 0 Å². The second-order valence-electron chi connectivity index (χ2n) is 6.89. The molecule has 5 aromatic rings. The monoisotopic (exact) mass is 431 g/mol. The van der Waals surface area contributed by atoms with Crippen LogP contribution >= 0.6 is 23.2 Å². The van der Waals surface area contributed by atoms with E-state index in [0.717, 1.165) is 27.4 Å². The number of aromatic nitrogens is 2. The third kappa shape index (κ3) is 3.30. The molecule has 0 aliphatic rings. The first kappa shape index (κ1) is 18.7. The number of rotatable bonds is 3. The number of para-hydroxylation sites is 2. The minimum absolute atomic E-state index is 0.258. The van der Waals surface area contributed by atoms with Gasteiger partial charge in [0.2, 0.25) is 0 Å². The third-order valence-corrected chi connectivity index (χ3v) is 5.65. The lowest BCUT2D eigenvalue weighted by Gasteiger charge is -2.11. The number of carbonyl (C=O) groups excluding carboxylic acids is 1. The molecule has 1 aromatic heterocycles. The molecular weight excluding hydrogens is 417 g/mol. The van der Waals surface area contributed by atoms with Gasteiger partial charge in [-0.3, -0.25) is 4.79 Å². The minimum Gasteiger partial charge on any atom is -0.338 e. The van der Waals surface area contributed by atoms with Crippen molar-refractivity contribution in [1.82, 2.24) is 9.97 Å². The summed E-state index contributed by atoms with van der Waals surface area (Å²) in [6.07, 6.45) is 0. The van der Waals surface area contributed by atoms with Crippen molar-refractivity contribution in [1.29, 1.82) is 0 Å². The van der Waals surface area contributed by atoms with E-state index < -0.39 is 0 Å². The van der Waals surface area contributed by atoms with Gasteiger partial charge in [0.15, 0.2) is 0 Å². The van der Waals surface area contributed by atoms with Gasteiger partial charge in [-0.15, -0.1) is 0 Å². The highest BCUT2D eigenvalue weighted by Gasteiger charge is 2.14. The van der Waals surface area contributed by atoms with Crippen LogP contribution in [0.15, 0.2) is 78.9 Å². The number of fused-ring (bicyclic) bond motifs is 2. The number of H-pyrrole nitrogens is 1. The van der Waals surface area contributed by atoms with E-state index >= 15 is 0 Å². The molecule has 0 aliphatic heterocycles. The number of halogens is 2. The number of anilines is 1. The zero-order valence-corrected chi connectivity index (χ0v) is 17.1. The fraction of sp³-hybridized carbons (Fsp3) is 0. The SMILES string of the molecule is O=C(Nc1cc(-c2nc3ccccc3[nH]2)ccc1Cl)c1cccc2c(Cl)cccc12. The van der Waals surface area contributed by atoms with Crippen molar-refractivity contribution in [3.8, 4) is 11.4 Å². The van der Waals surface area contributed by atoms with Gasteiger partial charge in [-0.1, -0.05) is 59.6 Å². The molecule has 0 unspecified atom stereocenters. The Balaban J connectivity index is 1.51. The Morgan fingerprint density at radius 2 is 1.63 bits per heavy atom. The average Bonchev–Trinajstić information content (AvgIpc) is 3.19. The lowest BCUT2D eigenvalue weighted by Crippen LogP contribution is -2.12. The summed E-state index contributed by atoms with van der Waals surface area (Å²) in [6, 6.07) is 24.2. The summed E-state index contributed by atoms with van der Waals surface area (Å²) in [4.78, 5) is 21.0. The molecule has 0 saturated carbocycles. The molecule has 1 heterocycles. The third-order valence-electron chi connectivity index (χ3n) is 4.99. The predicted octanol–water partition coefficient (Wildman–Crippen LogP) is 6.94. The van der Waals surface area contributed by atoms with Crippen molar-refractivity contribution in [3.05, 3.63) is 94.5 Å². The Labute approximate surface area is 182 Å². The topological polar surface area (TPSA) is 57.8 Å². The van der Waals surface area contributed by atoms with E-state index in [-0.39, 0.29) is 5.91 Å². The maximum absolute atomic E-state index is 13.0. The van der Waals surface area contributed by atoms with E-state index in [9.17, 15) is 4.79 Å². The van der Waals surface area contributed by atoms with Crippen LogP contribution < -0.4 is 5.32 Å². The van der Waals surface area contributed by atoms with Crippen molar-refractivity contribution in [2.75, 3.05) is 5.32 Å². The van der Waals surface area contributed by atoms with E-state index in [4.69, 9.17) is 23.2 Å². The first-order valence-corrected chi connectivity index (χ1v) is 10.1. The molecule has 5 rings (SSSR count). The maximum Gasteiger partial charge on any atom is 0.256 e. The number of amides is 1. The molecule has 0 spiro atoms. The summed E-state index contributed by atoms with van der Waals surface area (Å²) in [7, 11) is 0. The van der Waals surface area contributed by atoms with Crippen molar-refractivity contribution < 1.29 is 4.79 Å². The summed E-state index contributed by atoms with van der Waals surface area (Å²) in [5.74, 6) is 0.451. The van der Waals surface area contributed by atoms with Crippen LogP contribution in [0.4, 0.5) is 5.69 Å². The fourth-order valence-electron chi connectivity index (χ4n) is 3.52. The number of hydrogen-bond acceptors (Lipinski definition) is 2. The highest BCUT2D eigenvalue weighted by atomic mass is 35.5. The molecule has 4 aromatic carbocycles. The largest absolute Gasteiger partial charge is 0.338 e. The maximum atomic E-state index is 13.0. The van der Waals surface area contributed by atoms with Gasteiger partial charge in [-0.05, 0) is 47.9 Å². The van der Waals surface area contributed by atoms with E-state index in [2.05, 4.69) is 15.3 Å². The van der Waals surface area contributed by atoms with Gasteiger partial charge < -0.3 is 10.3 Å². The molecule has 0 radical (unpaired) electrons. The van der Waals surface area contributed by atoms with E-state index in [1.54, 1.807) is 18.2 Å². The van der Waals surface area contributed by atoms with Gasteiger partial charge in [0.25, 0.3) is 5.91 Å². The Morgan fingerprint density at radius 3 is 2.50 bits per heavy atom. The Kier molecular flexibility index (Phi) is 4.66. The number of nitrogens with zero attached hydrogens (tertiary/aromatic N) is 1. The zero-order valence-electron chi connectivity index (χ0n) is 15.6. The first-order chi connectivity index (χ1) is 14.6. The molecule has 2 N–H and O–H groups in total. The van der Waals surface area contributed by atoms with Crippen molar-refractivity contribution in [3.63, 3.8) is 0 Å². The summed E-state index contributed by atoms with van der Waals surface area (Å²) in [5.41, 5.74) is 3.69. The highest BCUT2D eigenvalue weighted by Crippen LogP contribution is 2.31. The van der Waals surface area contributed by atoms with Crippen LogP contribution in [0, 0.1) is 0 Å². The number of hydrogen-bond donors (Lipinski definition) is 2. The van der Waals surface area contributed by atoms with Crippen LogP contribution in [0.2, 0.25) is 10.0 Å². The lowest BCUT2D eigenvalue weighted by atomic mass is 10.0. The molecule has 0 saturated heterocycles. The summed E-state index contributed by atoms with van der Waals surface area (Å²) >= 11 is 12.6. The molecule has 4 nitrogen and oxygen atoms in total. The van der Waals surface area contributed by atoms with Crippen LogP contribution in [0.1, 0.15) is 10.4 Å². The van der Waals surface area contributed by atoms with Gasteiger partial charge in [-0.25, -0.2) is 4.98 Å². The zero-order chi connectivity index (χ0) is 20.7. The predicted molar refractivity (Wildman–Crippen MR) is 123 cm³/mol. The molecular formula is C24H15Cl2N3O. The second-order valence-corrected chi connectivity index (χ2v) is 7.71. The number of imidazole rings is 1. The van der Waals surface area contributed by atoms with E-state index in [1.807, 2.05) is 60.7 Å². The smallest absolute Gasteiger partial charge is 0.256 e. The molecule has 0 bridgehead atoms. The second kappa shape index (κ2) is 7.48. The minimum atomic E-state index is -0.258. The van der Waals surface area contributed by atoms with Crippen LogP contribution in [0.5, 0.6) is 0 Å². The molecule has 30 heavy (non-hydrogen) atoms. The molecule has 6 heteroatoms. The van der Waals surface area contributed by atoms with Crippen LogP contribution in [0.25, 0.3) is 33.2 Å². The number of carbonyl (C=O) groups is 1. The van der Waals surface area contributed by atoms with E-state index in [1.165, 1.54) is 0 Å². The Morgan fingerprint density at radius 1 is 0.833 bits per heavy atom. The van der Waals surface area contributed by atoms with E-state index in [0.29, 0.717) is 27.1 Å². The number of aromatic amines is 1. The fourth-order valence-corrected chi connectivity index (χ4v) is 3.92. The van der Waals surface area contributed by atoms with Crippen molar-refractivity contribution >= 4 is 56.6 Å². The van der Waals surface area contributed by atoms with Gasteiger partial charge in [-0.2, -0.15) is 0 Å². The summed E-state index contributed by atoms with van der Waals surface area (Å²) in [6.45, 7) is 0. The van der Waals surface area contributed by atoms with Gasteiger partial charge in [0, 0.05) is 21.5 Å². The van der Waals surface area contributed by atoms with Crippen LogP contribution in [-0.2, 0) is 0 Å². The highest BCUT2D eigenvalue weighted by molar-refractivity contribution is 6.36. The number of nitrogens with one attached hydrogen (secondary N) is 2. The quantitative estimate of drug-likeness (QED) is 0.324. The molecule has 146 valence electrons. The van der Waals surface area contributed by atoms with Gasteiger partial charge >= 0.3 is 0 Å². The average molecular weight is 432 g/mol. The molecule has 0 fully saturated rings. The van der Waals surface area contributed by atoms with Crippen LogP contribution in [-0.4, -0.2) is 15.9 Å². The molecule has 0 atom stereocenters. The summed E-state index contributed by atoms with van der Waals surface area (Å²) in [5, 5.41) is 5.59. The summed E-state index contributed by atoms with van der Waals surface area (Å²) < 4.78 is 0. The first-order valence-electron chi connectivity index (χ1n) is 9.33. The normalized spacial score (nSPS) is 11.1. The van der Waals surface area contributed by atoms with Crippen LogP contribution in [0.3, 0.4) is 0 Å². The molecule has 1 amide bonds. The lowest BCUT2D eigenvalue weighted by molar-refractivity contribution is 0.102.